The van der Waals surface area contributed by atoms with E-state index in [0.29, 0.717) is 4.48 Å². The summed E-state index contributed by atoms with van der Waals surface area (Å²) in [7, 11) is -4.42. The maximum absolute atomic E-state index is 10.2. The van der Waals surface area contributed by atoms with Gasteiger partial charge in [0, 0.05) is 13.0 Å². The number of aliphatic hydroxyl groups is 1. The topological polar surface area (TPSA) is 99.0 Å². The van der Waals surface area contributed by atoms with Crippen LogP contribution in [0, 0.1) is 0 Å². The number of quaternary nitrogens is 1. The van der Waals surface area contributed by atoms with Crippen LogP contribution in [0.25, 0.3) is 0 Å². The standard InChI is InChI=1S/C24H47N2O.C2H6O4S/c1-4-6-7-8-9-10-11-12-13-14-15-16-17-18-19-20-24-25-21-22-26(24,5-2)23(3)27;1-2-6-7(3,4)5/h19-20,23,27H,4-18,21-22H2,1-3H3;2H2,1H3,(H,3,4,5)/q+1;/p-1. The van der Waals surface area contributed by atoms with E-state index in [9.17, 15) is 18.1 Å². The van der Waals surface area contributed by atoms with E-state index in [0.717, 1.165) is 31.9 Å². The summed E-state index contributed by atoms with van der Waals surface area (Å²) in [5.74, 6) is 1.07. The molecule has 8 heteroatoms. The van der Waals surface area contributed by atoms with Crippen molar-refractivity contribution in [3.05, 3.63) is 12.2 Å². The molecule has 1 N–H and O–H groups in total. The minimum atomic E-state index is -4.42. The summed E-state index contributed by atoms with van der Waals surface area (Å²) in [4.78, 5) is 4.63. The molecule has 2 atom stereocenters. The van der Waals surface area contributed by atoms with Crippen LogP contribution in [0.4, 0.5) is 0 Å². The van der Waals surface area contributed by atoms with Crippen LogP contribution in [-0.4, -0.2) is 60.9 Å². The Labute approximate surface area is 210 Å². The molecule has 34 heavy (non-hydrogen) atoms. The summed E-state index contributed by atoms with van der Waals surface area (Å²) < 4.78 is 32.6. The first kappa shape index (κ1) is 33.2. The van der Waals surface area contributed by atoms with Crippen molar-refractivity contribution in [1.82, 2.24) is 0 Å². The van der Waals surface area contributed by atoms with Crippen LogP contribution in [0.15, 0.2) is 17.1 Å². The van der Waals surface area contributed by atoms with E-state index in [4.69, 9.17) is 0 Å². The number of aliphatic hydroxyl groups excluding tert-OH is 1. The summed E-state index contributed by atoms with van der Waals surface area (Å²) in [6.07, 6.45) is 23.5. The number of rotatable bonds is 19. The van der Waals surface area contributed by atoms with Gasteiger partial charge in [0.05, 0.1) is 19.7 Å². The zero-order chi connectivity index (χ0) is 25.7. The Bertz CT molecular complexity index is 650. The molecule has 0 bridgehead atoms. The maximum atomic E-state index is 10.2. The maximum Gasteiger partial charge on any atom is 0.224 e. The van der Waals surface area contributed by atoms with Gasteiger partial charge < -0.3 is 9.66 Å². The van der Waals surface area contributed by atoms with Crippen molar-refractivity contribution < 1.29 is 26.7 Å². The van der Waals surface area contributed by atoms with E-state index in [1.165, 1.54) is 90.4 Å². The van der Waals surface area contributed by atoms with Crippen molar-refractivity contribution in [2.45, 2.75) is 124 Å². The Kier molecular flexibility index (Phi) is 19.9. The van der Waals surface area contributed by atoms with Gasteiger partial charge in [0.15, 0.2) is 6.23 Å². The average molecular weight is 505 g/mol. The van der Waals surface area contributed by atoms with Crippen LogP contribution in [0.2, 0.25) is 0 Å². The summed E-state index contributed by atoms with van der Waals surface area (Å²) in [5.41, 5.74) is 0. The molecule has 0 saturated carbocycles. The number of aliphatic imine (C=N–C) groups is 1. The zero-order valence-corrected chi connectivity index (χ0v) is 23.2. The van der Waals surface area contributed by atoms with Gasteiger partial charge in [-0.25, -0.2) is 17.9 Å². The second-order valence-electron chi connectivity index (χ2n) is 9.19. The number of allylic oxidation sites excluding steroid dienone is 1. The fraction of sp³-hybridized carbons (Fsp3) is 0.885. The summed E-state index contributed by atoms with van der Waals surface area (Å²) in [6, 6.07) is 0. The number of unbranched alkanes of at least 4 members (excludes halogenated alkanes) is 13. The van der Waals surface area contributed by atoms with Gasteiger partial charge in [0.2, 0.25) is 16.2 Å². The van der Waals surface area contributed by atoms with E-state index in [-0.39, 0.29) is 12.8 Å². The largest absolute Gasteiger partial charge is 0.726 e. The third-order valence-electron chi connectivity index (χ3n) is 6.51. The lowest BCUT2D eigenvalue weighted by Crippen LogP contribution is -2.56. The second-order valence-corrected chi connectivity index (χ2v) is 10.2. The van der Waals surface area contributed by atoms with Crippen LogP contribution < -0.4 is 0 Å². The van der Waals surface area contributed by atoms with E-state index in [2.05, 4.69) is 35.2 Å². The predicted molar refractivity (Wildman–Crippen MR) is 140 cm³/mol. The van der Waals surface area contributed by atoms with Crippen molar-refractivity contribution in [1.29, 1.82) is 0 Å². The average Bonchev–Trinajstić information content (AvgIpc) is 3.20. The smallest absolute Gasteiger partial charge is 0.224 e. The van der Waals surface area contributed by atoms with Crippen molar-refractivity contribution in [3.63, 3.8) is 0 Å². The lowest BCUT2D eigenvalue weighted by Gasteiger charge is -2.35. The Morgan fingerprint density at radius 2 is 1.47 bits per heavy atom. The van der Waals surface area contributed by atoms with Crippen molar-refractivity contribution in [3.8, 4) is 0 Å². The van der Waals surface area contributed by atoms with Crippen molar-refractivity contribution in [2.75, 3.05) is 26.2 Å². The molecule has 0 aliphatic carbocycles. The number of amidine groups is 1. The number of likely N-dealkylation sites (N-methyl/N-ethyl adjacent to an activating group) is 1. The van der Waals surface area contributed by atoms with Gasteiger partial charge in [0.25, 0.3) is 0 Å². The van der Waals surface area contributed by atoms with Crippen LogP contribution in [-0.2, 0) is 14.6 Å². The van der Waals surface area contributed by atoms with Gasteiger partial charge in [0.1, 0.15) is 6.54 Å². The van der Waals surface area contributed by atoms with E-state index in [1.807, 2.05) is 6.92 Å². The number of hydrogen-bond acceptors (Lipinski definition) is 6. The number of nitrogens with zero attached hydrogens (tertiary/aromatic N) is 2. The molecule has 2 unspecified atom stereocenters. The summed E-state index contributed by atoms with van der Waals surface area (Å²) in [5, 5.41) is 10.2. The normalized spacial score (nSPS) is 19.2. The molecule has 0 fully saturated rings. The molecule has 0 aromatic rings. The van der Waals surface area contributed by atoms with E-state index >= 15 is 0 Å². The lowest BCUT2D eigenvalue weighted by molar-refractivity contribution is -0.880. The highest BCUT2D eigenvalue weighted by Crippen LogP contribution is 2.20. The molecule has 7 nitrogen and oxygen atoms in total. The predicted octanol–water partition coefficient (Wildman–Crippen LogP) is 6.09. The van der Waals surface area contributed by atoms with Gasteiger partial charge in [-0.3, -0.25) is 4.18 Å². The van der Waals surface area contributed by atoms with Crippen LogP contribution in [0.1, 0.15) is 118 Å². The molecule has 0 aromatic heterocycles. The third kappa shape index (κ3) is 16.0. The third-order valence-corrected chi connectivity index (χ3v) is 7.04. The highest BCUT2D eigenvalue weighted by atomic mass is 32.3. The van der Waals surface area contributed by atoms with Crippen LogP contribution in [0.5, 0.6) is 0 Å². The molecule has 1 aliphatic rings. The first-order valence-electron chi connectivity index (χ1n) is 13.6. The Morgan fingerprint density at radius 1 is 0.971 bits per heavy atom. The molecule has 0 radical (unpaired) electrons. The molecule has 0 amide bonds. The van der Waals surface area contributed by atoms with E-state index < -0.39 is 10.4 Å². The van der Waals surface area contributed by atoms with Gasteiger partial charge in [-0.15, -0.1) is 0 Å². The summed E-state index contributed by atoms with van der Waals surface area (Å²) in [6.45, 7) is 10.4. The zero-order valence-electron chi connectivity index (χ0n) is 22.3. The quantitative estimate of drug-likeness (QED) is 0.0992. The van der Waals surface area contributed by atoms with Crippen LogP contribution in [0.3, 0.4) is 0 Å². The van der Waals surface area contributed by atoms with Gasteiger partial charge in [-0.05, 0) is 26.7 Å². The van der Waals surface area contributed by atoms with Crippen LogP contribution >= 0.6 is 0 Å². The SMILES string of the molecule is CCCCCCCCCCCCCCCC=CC1=NCC[N+]1(CC)C(C)O.CCOS(=O)(=O)[O-]. The molecular formula is C26H52N2O5S. The monoisotopic (exact) mass is 504 g/mol. The molecule has 1 heterocycles. The summed E-state index contributed by atoms with van der Waals surface area (Å²) >= 11 is 0. The Hall–Kier alpha value is -0.800. The fourth-order valence-corrected chi connectivity index (χ4v) is 4.66. The van der Waals surface area contributed by atoms with Crippen molar-refractivity contribution >= 4 is 16.2 Å². The first-order chi connectivity index (χ1) is 16.2. The molecule has 0 aromatic carbocycles. The first-order valence-corrected chi connectivity index (χ1v) is 14.9. The molecule has 0 spiro atoms. The van der Waals surface area contributed by atoms with E-state index in [1.54, 1.807) is 0 Å². The van der Waals surface area contributed by atoms with Gasteiger partial charge in [-0.2, -0.15) is 0 Å². The fourth-order valence-electron chi connectivity index (χ4n) is 4.38. The minimum Gasteiger partial charge on any atom is -0.726 e. The highest BCUT2D eigenvalue weighted by molar-refractivity contribution is 7.80. The molecular weight excluding hydrogens is 452 g/mol. The minimum absolute atomic E-state index is 0.0914. The molecule has 202 valence electrons. The second kappa shape index (κ2) is 20.4. The highest BCUT2D eigenvalue weighted by Gasteiger charge is 2.39. The molecule has 0 saturated heterocycles. The Balaban J connectivity index is 0.00000135. The molecule has 1 rings (SSSR count). The lowest BCUT2D eigenvalue weighted by atomic mass is 10.0. The van der Waals surface area contributed by atoms with Gasteiger partial charge >= 0.3 is 0 Å². The number of hydrogen-bond donors (Lipinski definition) is 1. The molecule has 1 aliphatic heterocycles. The van der Waals surface area contributed by atoms with Crippen molar-refractivity contribution in [2.24, 2.45) is 4.99 Å². The Morgan fingerprint density at radius 3 is 1.85 bits per heavy atom. The van der Waals surface area contributed by atoms with Gasteiger partial charge in [-0.1, -0.05) is 90.0 Å².